The summed E-state index contributed by atoms with van der Waals surface area (Å²) in [7, 11) is 2.13. The van der Waals surface area contributed by atoms with Crippen LogP contribution in [0.25, 0.3) is 0 Å². The number of aliphatic hydroxyl groups is 1. The third-order valence-electron chi connectivity index (χ3n) is 2.23. The van der Waals surface area contributed by atoms with E-state index < -0.39 is 0 Å². The van der Waals surface area contributed by atoms with Gasteiger partial charge in [0.15, 0.2) is 0 Å². The van der Waals surface area contributed by atoms with Crippen molar-refractivity contribution in [2.75, 3.05) is 26.7 Å². The van der Waals surface area contributed by atoms with Crippen LogP contribution >= 0.6 is 0 Å². The van der Waals surface area contributed by atoms with Crippen molar-refractivity contribution >= 4 is 0 Å². The lowest BCUT2D eigenvalue weighted by molar-refractivity contribution is 0.188. The zero-order chi connectivity index (χ0) is 7.40. The summed E-state index contributed by atoms with van der Waals surface area (Å²) in [5.74, 6) is 0.535. The Bertz CT molecular complexity index is 95.3. The molecule has 2 nitrogen and oxygen atoms in total. The van der Waals surface area contributed by atoms with E-state index in [-0.39, 0.29) is 0 Å². The minimum Gasteiger partial charge on any atom is -0.396 e. The molecule has 1 fully saturated rings. The summed E-state index contributed by atoms with van der Waals surface area (Å²) in [6.07, 6.45) is 3.80. The van der Waals surface area contributed by atoms with Crippen molar-refractivity contribution in [3.05, 3.63) is 0 Å². The minimum absolute atomic E-state index is 0.365. The summed E-state index contributed by atoms with van der Waals surface area (Å²) in [5, 5.41) is 8.91. The molecule has 0 bridgehead atoms. The molecule has 10 heavy (non-hydrogen) atoms. The van der Waals surface area contributed by atoms with Crippen LogP contribution in [-0.4, -0.2) is 36.8 Å². The fourth-order valence-corrected chi connectivity index (χ4v) is 1.59. The summed E-state index contributed by atoms with van der Waals surface area (Å²) in [6.45, 7) is 2.65. The van der Waals surface area contributed by atoms with Gasteiger partial charge in [0.05, 0.1) is 0 Å². The summed E-state index contributed by atoms with van der Waals surface area (Å²) in [5.41, 5.74) is 0. The maximum Gasteiger partial charge on any atom is 0.0471 e. The molecule has 0 aromatic rings. The first-order valence-electron chi connectivity index (χ1n) is 4.12. The lowest BCUT2D eigenvalue weighted by Crippen LogP contribution is -2.25. The molecule has 1 aliphatic heterocycles. The van der Waals surface area contributed by atoms with Gasteiger partial charge in [-0.2, -0.15) is 0 Å². The van der Waals surface area contributed by atoms with Crippen LogP contribution in [0.5, 0.6) is 0 Å². The van der Waals surface area contributed by atoms with Crippen LogP contribution in [0.1, 0.15) is 19.3 Å². The van der Waals surface area contributed by atoms with E-state index in [1.807, 2.05) is 0 Å². The molecule has 1 rings (SSSR count). The van der Waals surface area contributed by atoms with Crippen LogP contribution in [0.3, 0.4) is 0 Å². The van der Waals surface area contributed by atoms with E-state index in [4.69, 9.17) is 5.11 Å². The van der Waals surface area contributed by atoms with Gasteiger partial charge >= 0.3 is 0 Å². The number of aliphatic hydroxyl groups excluding tert-OH is 1. The Kier molecular flexibility index (Phi) is 3.16. The van der Waals surface area contributed by atoms with Crippen LogP contribution < -0.4 is 0 Å². The lowest BCUT2D eigenvalue weighted by atomic mass is 10.1. The van der Waals surface area contributed by atoms with E-state index in [1.165, 1.54) is 25.8 Å². The van der Waals surface area contributed by atoms with Crippen LogP contribution in [0, 0.1) is 5.92 Å². The van der Waals surface area contributed by atoms with Crippen molar-refractivity contribution in [3.8, 4) is 0 Å². The van der Waals surface area contributed by atoms with E-state index in [2.05, 4.69) is 11.9 Å². The zero-order valence-corrected chi connectivity index (χ0v) is 6.71. The second-order valence-electron chi connectivity index (χ2n) is 3.31. The minimum atomic E-state index is 0.365. The maximum atomic E-state index is 8.91. The van der Waals surface area contributed by atoms with Crippen LogP contribution in [0.4, 0.5) is 0 Å². The highest BCUT2D eigenvalue weighted by Crippen LogP contribution is 2.13. The molecule has 1 aliphatic rings. The van der Waals surface area contributed by atoms with Gasteiger partial charge < -0.3 is 10.0 Å². The van der Waals surface area contributed by atoms with Crippen molar-refractivity contribution < 1.29 is 5.11 Å². The molecule has 0 aromatic heterocycles. The molecule has 0 radical (unpaired) electrons. The van der Waals surface area contributed by atoms with Crippen LogP contribution in [0.2, 0.25) is 0 Å². The Labute approximate surface area is 62.8 Å². The predicted octanol–water partition coefficient (Wildman–Crippen LogP) is 0.711. The molecule has 1 atom stereocenters. The topological polar surface area (TPSA) is 23.5 Å². The standard InChI is InChI=1S/C8H17NO/c1-9-5-3-2-4-8(6-9)7-10/h8,10H,2-7H2,1H3. The first kappa shape index (κ1) is 8.02. The number of hydrogen-bond donors (Lipinski definition) is 1. The van der Waals surface area contributed by atoms with Gasteiger partial charge in [0.2, 0.25) is 0 Å². The van der Waals surface area contributed by atoms with E-state index in [9.17, 15) is 0 Å². The molecule has 1 saturated heterocycles. The van der Waals surface area contributed by atoms with Crippen molar-refractivity contribution in [1.82, 2.24) is 4.90 Å². The van der Waals surface area contributed by atoms with Gasteiger partial charge in [-0.1, -0.05) is 6.42 Å². The molecule has 0 aromatic carbocycles. The van der Waals surface area contributed by atoms with Gasteiger partial charge in [0, 0.05) is 13.2 Å². The molecule has 1 heterocycles. The number of likely N-dealkylation sites (tertiary alicyclic amines) is 1. The summed E-state index contributed by atoms with van der Waals surface area (Å²) < 4.78 is 0. The Balaban J connectivity index is 2.30. The summed E-state index contributed by atoms with van der Waals surface area (Å²) in [4.78, 5) is 2.31. The van der Waals surface area contributed by atoms with Gasteiger partial charge in [-0.25, -0.2) is 0 Å². The summed E-state index contributed by atoms with van der Waals surface area (Å²) >= 11 is 0. The van der Waals surface area contributed by atoms with E-state index >= 15 is 0 Å². The molecule has 60 valence electrons. The van der Waals surface area contributed by atoms with Crippen molar-refractivity contribution in [2.45, 2.75) is 19.3 Å². The molecule has 0 spiro atoms. The Morgan fingerprint density at radius 3 is 3.00 bits per heavy atom. The van der Waals surface area contributed by atoms with Crippen molar-refractivity contribution in [2.24, 2.45) is 5.92 Å². The quantitative estimate of drug-likeness (QED) is 0.584. The molecule has 0 amide bonds. The van der Waals surface area contributed by atoms with E-state index in [0.717, 1.165) is 6.54 Å². The van der Waals surface area contributed by atoms with Gasteiger partial charge in [-0.05, 0) is 32.4 Å². The monoisotopic (exact) mass is 143 g/mol. The van der Waals surface area contributed by atoms with Gasteiger partial charge in [0.1, 0.15) is 0 Å². The Morgan fingerprint density at radius 1 is 1.50 bits per heavy atom. The van der Waals surface area contributed by atoms with Gasteiger partial charge in [-0.15, -0.1) is 0 Å². The highest BCUT2D eigenvalue weighted by atomic mass is 16.3. The first-order chi connectivity index (χ1) is 4.83. The normalized spacial score (nSPS) is 30.0. The van der Waals surface area contributed by atoms with Crippen molar-refractivity contribution in [1.29, 1.82) is 0 Å². The Morgan fingerprint density at radius 2 is 2.30 bits per heavy atom. The number of nitrogens with zero attached hydrogens (tertiary/aromatic N) is 1. The fourth-order valence-electron chi connectivity index (χ4n) is 1.59. The molecular formula is C8H17NO. The third-order valence-corrected chi connectivity index (χ3v) is 2.23. The molecule has 0 aliphatic carbocycles. The zero-order valence-electron chi connectivity index (χ0n) is 6.71. The highest BCUT2D eigenvalue weighted by molar-refractivity contribution is 4.67. The SMILES string of the molecule is CN1CCCCC(CO)C1. The average Bonchev–Trinajstić information content (AvgIpc) is 2.13. The molecule has 1 N–H and O–H groups in total. The molecule has 1 unspecified atom stereocenters. The summed E-state index contributed by atoms with van der Waals surface area (Å²) in [6, 6.07) is 0. The second kappa shape index (κ2) is 3.94. The van der Waals surface area contributed by atoms with Crippen LogP contribution in [0.15, 0.2) is 0 Å². The Hall–Kier alpha value is -0.0800. The molecule has 0 saturated carbocycles. The van der Waals surface area contributed by atoms with E-state index in [1.54, 1.807) is 0 Å². The van der Waals surface area contributed by atoms with Gasteiger partial charge in [-0.3, -0.25) is 0 Å². The second-order valence-corrected chi connectivity index (χ2v) is 3.31. The average molecular weight is 143 g/mol. The van der Waals surface area contributed by atoms with Crippen molar-refractivity contribution in [3.63, 3.8) is 0 Å². The largest absolute Gasteiger partial charge is 0.396 e. The van der Waals surface area contributed by atoms with Gasteiger partial charge in [0.25, 0.3) is 0 Å². The number of rotatable bonds is 1. The fraction of sp³-hybridized carbons (Fsp3) is 1.00. The maximum absolute atomic E-state index is 8.91. The molecule has 2 heteroatoms. The molecular weight excluding hydrogens is 126 g/mol. The predicted molar refractivity (Wildman–Crippen MR) is 41.9 cm³/mol. The van der Waals surface area contributed by atoms with E-state index in [0.29, 0.717) is 12.5 Å². The third kappa shape index (κ3) is 2.27. The smallest absolute Gasteiger partial charge is 0.0471 e. The number of hydrogen-bond acceptors (Lipinski definition) is 2. The van der Waals surface area contributed by atoms with Crippen LogP contribution in [-0.2, 0) is 0 Å². The first-order valence-corrected chi connectivity index (χ1v) is 4.12. The lowest BCUT2D eigenvalue weighted by Gasteiger charge is -2.17. The highest BCUT2D eigenvalue weighted by Gasteiger charge is 2.13.